The first-order chi connectivity index (χ1) is 12.3. The zero-order valence-corrected chi connectivity index (χ0v) is 19.1. The van der Waals surface area contributed by atoms with Crippen molar-refractivity contribution in [3.05, 3.63) is 17.5 Å². The predicted molar refractivity (Wildman–Crippen MR) is 121 cm³/mol. The molecule has 26 heavy (non-hydrogen) atoms. The molecule has 2 heterocycles. The number of thiophene rings is 1. The predicted octanol–water partition coefficient (Wildman–Crippen LogP) is 2.90. The Morgan fingerprint density at radius 1 is 1.15 bits per heavy atom. The van der Waals surface area contributed by atoms with E-state index < -0.39 is 0 Å². The highest BCUT2D eigenvalue weighted by Gasteiger charge is 2.19. The van der Waals surface area contributed by atoms with E-state index >= 15 is 0 Å². The molecule has 2 rings (SSSR count). The Morgan fingerprint density at radius 3 is 2.50 bits per heavy atom. The summed E-state index contributed by atoms with van der Waals surface area (Å²) in [6.07, 6.45) is 2.29. The highest BCUT2D eigenvalue weighted by molar-refractivity contribution is 14.0. The maximum Gasteiger partial charge on any atom is 0.193 e. The van der Waals surface area contributed by atoms with Crippen LogP contribution in [-0.4, -0.2) is 77.1 Å². The van der Waals surface area contributed by atoms with E-state index in [0.717, 1.165) is 51.7 Å². The van der Waals surface area contributed by atoms with Gasteiger partial charge in [-0.2, -0.15) is 0 Å². The first kappa shape index (κ1) is 23.5. The SMILES string of the molecule is CCCCOCCOCCNC(=NC)N1CCN(c2cccs2)CC1.I. The summed E-state index contributed by atoms with van der Waals surface area (Å²) in [5.74, 6) is 0.966. The van der Waals surface area contributed by atoms with E-state index in [1.807, 2.05) is 18.4 Å². The van der Waals surface area contributed by atoms with Crippen LogP contribution in [0, 0.1) is 0 Å². The number of nitrogens with zero attached hydrogens (tertiary/aromatic N) is 3. The third-order valence-corrected chi connectivity index (χ3v) is 5.08. The third kappa shape index (κ3) is 8.41. The van der Waals surface area contributed by atoms with E-state index in [0.29, 0.717) is 19.8 Å². The van der Waals surface area contributed by atoms with Crippen molar-refractivity contribution in [2.24, 2.45) is 4.99 Å². The molecule has 1 aromatic heterocycles. The van der Waals surface area contributed by atoms with E-state index in [9.17, 15) is 0 Å². The highest BCUT2D eigenvalue weighted by Crippen LogP contribution is 2.22. The molecule has 8 heteroatoms. The van der Waals surface area contributed by atoms with Crippen molar-refractivity contribution in [1.29, 1.82) is 0 Å². The Morgan fingerprint density at radius 2 is 1.88 bits per heavy atom. The molecule has 6 nitrogen and oxygen atoms in total. The van der Waals surface area contributed by atoms with Gasteiger partial charge in [-0.3, -0.25) is 4.99 Å². The Hall–Kier alpha value is -0.580. The minimum atomic E-state index is 0. The van der Waals surface area contributed by atoms with Crippen LogP contribution in [-0.2, 0) is 9.47 Å². The van der Waals surface area contributed by atoms with Gasteiger partial charge in [0.15, 0.2) is 5.96 Å². The molecule has 0 atom stereocenters. The lowest BCUT2D eigenvalue weighted by Crippen LogP contribution is -2.52. The molecular formula is C18H33IN4O2S. The summed E-state index contributed by atoms with van der Waals surface area (Å²) in [6, 6.07) is 4.30. The second-order valence-corrected chi connectivity index (χ2v) is 6.90. The zero-order valence-electron chi connectivity index (χ0n) is 16.0. The molecular weight excluding hydrogens is 463 g/mol. The lowest BCUT2D eigenvalue weighted by atomic mass is 10.3. The number of nitrogens with one attached hydrogen (secondary N) is 1. The van der Waals surface area contributed by atoms with Gasteiger partial charge >= 0.3 is 0 Å². The molecule has 0 aliphatic carbocycles. The molecule has 1 fully saturated rings. The summed E-state index contributed by atoms with van der Waals surface area (Å²) in [5, 5.41) is 6.89. The monoisotopic (exact) mass is 496 g/mol. The van der Waals surface area contributed by atoms with E-state index in [1.165, 1.54) is 11.4 Å². The highest BCUT2D eigenvalue weighted by atomic mass is 127. The third-order valence-electron chi connectivity index (χ3n) is 4.15. The number of piperazine rings is 1. The molecule has 1 aromatic rings. The van der Waals surface area contributed by atoms with Crippen molar-refractivity contribution in [2.75, 3.05) is 71.1 Å². The average molecular weight is 496 g/mol. The Kier molecular flexibility index (Phi) is 13.1. The molecule has 0 spiro atoms. The Bertz CT molecular complexity index is 480. The number of halogens is 1. The van der Waals surface area contributed by atoms with Gasteiger partial charge in [0.05, 0.1) is 24.8 Å². The summed E-state index contributed by atoms with van der Waals surface area (Å²) in [7, 11) is 1.84. The summed E-state index contributed by atoms with van der Waals surface area (Å²) in [5.41, 5.74) is 0. The molecule has 0 unspecified atom stereocenters. The van der Waals surface area contributed by atoms with Crippen molar-refractivity contribution in [3.63, 3.8) is 0 Å². The van der Waals surface area contributed by atoms with E-state index in [4.69, 9.17) is 9.47 Å². The molecule has 0 radical (unpaired) electrons. The molecule has 1 saturated heterocycles. The minimum Gasteiger partial charge on any atom is -0.379 e. The first-order valence-corrected chi connectivity index (χ1v) is 10.1. The van der Waals surface area contributed by atoms with Gasteiger partial charge in [-0.05, 0) is 23.9 Å². The maximum absolute atomic E-state index is 5.59. The molecule has 0 saturated carbocycles. The van der Waals surface area contributed by atoms with Crippen molar-refractivity contribution in [1.82, 2.24) is 10.2 Å². The van der Waals surface area contributed by atoms with Crippen LogP contribution in [0.25, 0.3) is 0 Å². The van der Waals surface area contributed by atoms with E-state index in [2.05, 4.69) is 44.5 Å². The van der Waals surface area contributed by atoms with Crippen molar-refractivity contribution in [3.8, 4) is 0 Å². The number of ether oxygens (including phenoxy) is 2. The Labute approximate surface area is 179 Å². The zero-order chi connectivity index (χ0) is 17.7. The average Bonchev–Trinajstić information content (AvgIpc) is 3.18. The number of hydrogen-bond acceptors (Lipinski definition) is 5. The second kappa shape index (κ2) is 14.5. The van der Waals surface area contributed by atoms with Crippen LogP contribution in [0.15, 0.2) is 22.5 Å². The summed E-state index contributed by atoms with van der Waals surface area (Å²) in [4.78, 5) is 9.16. The lowest BCUT2D eigenvalue weighted by Gasteiger charge is -2.37. The number of rotatable bonds is 10. The van der Waals surface area contributed by atoms with Crippen LogP contribution in [0.3, 0.4) is 0 Å². The fourth-order valence-corrected chi connectivity index (χ4v) is 3.51. The van der Waals surface area contributed by atoms with Gasteiger partial charge in [0.2, 0.25) is 0 Å². The molecule has 1 aliphatic heterocycles. The maximum atomic E-state index is 5.59. The number of anilines is 1. The summed E-state index contributed by atoms with van der Waals surface area (Å²) in [6.45, 7) is 9.83. The van der Waals surface area contributed by atoms with Gasteiger partial charge in [0.1, 0.15) is 0 Å². The number of guanidine groups is 1. The number of aliphatic imine (C=N–C) groups is 1. The molecule has 150 valence electrons. The molecule has 1 aliphatic rings. The fraction of sp³-hybridized carbons (Fsp3) is 0.722. The van der Waals surface area contributed by atoms with Crippen molar-refractivity contribution in [2.45, 2.75) is 19.8 Å². The number of unbranched alkanes of at least 4 members (excludes halogenated alkanes) is 1. The van der Waals surface area contributed by atoms with Gasteiger partial charge in [0.25, 0.3) is 0 Å². The van der Waals surface area contributed by atoms with Gasteiger partial charge < -0.3 is 24.6 Å². The molecule has 0 aromatic carbocycles. The largest absolute Gasteiger partial charge is 0.379 e. The topological polar surface area (TPSA) is 49.3 Å². The van der Waals surface area contributed by atoms with Crippen LogP contribution >= 0.6 is 35.3 Å². The van der Waals surface area contributed by atoms with Crippen LogP contribution in [0.1, 0.15) is 19.8 Å². The Balaban J connectivity index is 0.00000338. The van der Waals surface area contributed by atoms with E-state index in [-0.39, 0.29) is 24.0 Å². The number of hydrogen-bond donors (Lipinski definition) is 1. The standard InChI is InChI=1S/C18H32N4O2S.HI/c1-3-4-12-23-14-15-24-13-7-20-18(19-2)22-10-8-21(9-11-22)17-6-5-16-25-17;/h5-6,16H,3-4,7-15H2,1-2H3,(H,19,20);1H. The van der Waals surface area contributed by atoms with Crippen LogP contribution in [0.2, 0.25) is 0 Å². The molecule has 1 N–H and O–H groups in total. The fourth-order valence-electron chi connectivity index (χ4n) is 2.72. The van der Waals surface area contributed by atoms with Crippen molar-refractivity contribution < 1.29 is 9.47 Å². The normalized spacial score (nSPS) is 15.1. The van der Waals surface area contributed by atoms with Gasteiger partial charge in [-0.15, -0.1) is 35.3 Å². The summed E-state index contributed by atoms with van der Waals surface area (Å²) >= 11 is 1.81. The van der Waals surface area contributed by atoms with Gasteiger partial charge in [-0.25, -0.2) is 0 Å². The van der Waals surface area contributed by atoms with Gasteiger partial charge in [0, 0.05) is 46.4 Å². The van der Waals surface area contributed by atoms with Crippen LogP contribution in [0.4, 0.5) is 5.00 Å². The van der Waals surface area contributed by atoms with E-state index in [1.54, 1.807) is 0 Å². The van der Waals surface area contributed by atoms with Crippen LogP contribution in [0.5, 0.6) is 0 Å². The summed E-state index contributed by atoms with van der Waals surface area (Å²) < 4.78 is 11.1. The first-order valence-electron chi connectivity index (χ1n) is 9.24. The minimum absolute atomic E-state index is 0. The molecule has 0 amide bonds. The second-order valence-electron chi connectivity index (χ2n) is 5.98. The molecule has 0 bridgehead atoms. The smallest absolute Gasteiger partial charge is 0.193 e. The van der Waals surface area contributed by atoms with Crippen LogP contribution < -0.4 is 10.2 Å². The lowest BCUT2D eigenvalue weighted by molar-refractivity contribution is 0.0486. The quantitative estimate of drug-likeness (QED) is 0.234. The van der Waals surface area contributed by atoms with Gasteiger partial charge in [-0.1, -0.05) is 13.3 Å². The van der Waals surface area contributed by atoms with Crippen molar-refractivity contribution >= 4 is 46.3 Å².